The van der Waals surface area contributed by atoms with E-state index in [-0.39, 0.29) is 5.91 Å². The van der Waals surface area contributed by atoms with Gasteiger partial charge in [-0.15, -0.1) is 0 Å². The zero-order valence-corrected chi connectivity index (χ0v) is 11.6. The Bertz CT molecular complexity index is 408. The van der Waals surface area contributed by atoms with Crippen LogP contribution in [0, 0.1) is 5.92 Å². The molecule has 1 fully saturated rings. The predicted octanol–water partition coefficient (Wildman–Crippen LogP) is 2.75. The molecule has 2 rings (SSSR count). The SMILES string of the molecule is CCCC1CCC(NC(=O)c2ccc(N)cn2)CC1. The number of nitrogens with one attached hydrogen (secondary N) is 1. The summed E-state index contributed by atoms with van der Waals surface area (Å²) < 4.78 is 0. The van der Waals surface area contributed by atoms with E-state index >= 15 is 0 Å². The molecule has 1 heterocycles. The van der Waals surface area contributed by atoms with Gasteiger partial charge in [-0.05, 0) is 43.7 Å². The summed E-state index contributed by atoms with van der Waals surface area (Å²) in [6.45, 7) is 2.24. The van der Waals surface area contributed by atoms with Crippen LogP contribution in [0.2, 0.25) is 0 Å². The predicted molar refractivity (Wildman–Crippen MR) is 76.8 cm³/mol. The number of nitrogen functional groups attached to an aromatic ring is 1. The largest absolute Gasteiger partial charge is 0.397 e. The Morgan fingerprint density at radius 1 is 1.37 bits per heavy atom. The van der Waals surface area contributed by atoms with Crippen LogP contribution in [0.15, 0.2) is 18.3 Å². The number of nitrogens with two attached hydrogens (primary N) is 1. The average Bonchev–Trinajstić information content (AvgIpc) is 2.42. The van der Waals surface area contributed by atoms with Gasteiger partial charge >= 0.3 is 0 Å². The van der Waals surface area contributed by atoms with Gasteiger partial charge in [-0.25, -0.2) is 4.98 Å². The molecular formula is C15H23N3O. The van der Waals surface area contributed by atoms with Crippen LogP contribution >= 0.6 is 0 Å². The number of nitrogens with zero attached hydrogens (tertiary/aromatic N) is 1. The first-order valence-corrected chi connectivity index (χ1v) is 7.21. The van der Waals surface area contributed by atoms with Crippen LogP contribution in [-0.2, 0) is 0 Å². The van der Waals surface area contributed by atoms with Gasteiger partial charge in [0.05, 0.1) is 11.9 Å². The fraction of sp³-hybridized carbons (Fsp3) is 0.600. The number of amides is 1. The number of hydrogen-bond acceptors (Lipinski definition) is 3. The molecule has 3 N–H and O–H groups in total. The Labute approximate surface area is 114 Å². The van der Waals surface area contributed by atoms with E-state index in [1.54, 1.807) is 12.1 Å². The molecule has 4 heteroatoms. The lowest BCUT2D eigenvalue weighted by molar-refractivity contribution is 0.0916. The molecule has 0 atom stereocenters. The van der Waals surface area contributed by atoms with Crippen molar-refractivity contribution in [2.75, 3.05) is 5.73 Å². The molecule has 0 saturated heterocycles. The van der Waals surface area contributed by atoms with Gasteiger partial charge < -0.3 is 11.1 Å². The molecule has 0 bridgehead atoms. The molecule has 1 aliphatic rings. The third kappa shape index (κ3) is 3.94. The van der Waals surface area contributed by atoms with Gasteiger partial charge in [0.1, 0.15) is 5.69 Å². The maximum absolute atomic E-state index is 12.0. The molecule has 0 aromatic carbocycles. The molecule has 0 aliphatic heterocycles. The molecule has 4 nitrogen and oxygen atoms in total. The van der Waals surface area contributed by atoms with Crippen LogP contribution in [0.3, 0.4) is 0 Å². The Morgan fingerprint density at radius 2 is 2.11 bits per heavy atom. The second-order valence-corrected chi connectivity index (χ2v) is 5.46. The van der Waals surface area contributed by atoms with Gasteiger partial charge in [-0.2, -0.15) is 0 Å². The van der Waals surface area contributed by atoms with Gasteiger partial charge in [0.25, 0.3) is 5.91 Å². The number of carbonyl (C=O) groups is 1. The Hall–Kier alpha value is -1.58. The third-order valence-corrected chi connectivity index (χ3v) is 3.90. The molecule has 0 radical (unpaired) electrons. The van der Waals surface area contributed by atoms with E-state index in [1.165, 1.54) is 31.9 Å². The van der Waals surface area contributed by atoms with E-state index in [4.69, 9.17) is 5.73 Å². The molecule has 1 saturated carbocycles. The smallest absolute Gasteiger partial charge is 0.270 e. The number of pyridine rings is 1. The van der Waals surface area contributed by atoms with Crippen LogP contribution in [0.25, 0.3) is 0 Å². The Balaban J connectivity index is 1.82. The Morgan fingerprint density at radius 3 is 2.68 bits per heavy atom. The van der Waals surface area contributed by atoms with Gasteiger partial charge in [-0.1, -0.05) is 19.8 Å². The monoisotopic (exact) mass is 261 g/mol. The van der Waals surface area contributed by atoms with Crippen molar-refractivity contribution in [2.45, 2.75) is 51.5 Å². The fourth-order valence-electron chi connectivity index (χ4n) is 2.80. The summed E-state index contributed by atoms with van der Waals surface area (Å²) in [6.07, 6.45) is 8.74. The molecule has 104 valence electrons. The highest BCUT2D eigenvalue weighted by Crippen LogP contribution is 2.27. The second-order valence-electron chi connectivity index (χ2n) is 5.46. The van der Waals surface area contributed by atoms with Crippen molar-refractivity contribution in [1.82, 2.24) is 10.3 Å². The lowest BCUT2D eigenvalue weighted by Crippen LogP contribution is -2.38. The molecule has 1 aromatic heterocycles. The second kappa shape index (κ2) is 6.55. The first-order valence-electron chi connectivity index (χ1n) is 7.21. The lowest BCUT2D eigenvalue weighted by Gasteiger charge is -2.28. The minimum atomic E-state index is -0.0843. The molecule has 0 unspecified atom stereocenters. The number of hydrogen-bond donors (Lipinski definition) is 2. The van der Waals surface area contributed by atoms with Crippen molar-refractivity contribution in [3.05, 3.63) is 24.0 Å². The molecule has 1 amide bonds. The zero-order chi connectivity index (χ0) is 13.7. The first-order chi connectivity index (χ1) is 9.19. The Kier molecular flexibility index (Phi) is 4.77. The summed E-state index contributed by atoms with van der Waals surface area (Å²) in [5, 5.41) is 3.08. The average molecular weight is 261 g/mol. The molecule has 1 aromatic rings. The van der Waals surface area contributed by atoms with E-state index in [0.717, 1.165) is 18.8 Å². The first kappa shape index (κ1) is 13.8. The van der Waals surface area contributed by atoms with E-state index in [9.17, 15) is 4.79 Å². The summed E-state index contributed by atoms with van der Waals surface area (Å²) in [5.41, 5.74) is 6.59. The van der Waals surface area contributed by atoms with E-state index in [2.05, 4.69) is 17.2 Å². The normalized spacial score (nSPS) is 23.0. The highest BCUT2D eigenvalue weighted by molar-refractivity contribution is 5.92. The van der Waals surface area contributed by atoms with Crippen molar-refractivity contribution >= 4 is 11.6 Å². The van der Waals surface area contributed by atoms with Crippen molar-refractivity contribution in [2.24, 2.45) is 5.92 Å². The number of anilines is 1. The van der Waals surface area contributed by atoms with Crippen molar-refractivity contribution < 1.29 is 4.79 Å². The molecular weight excluding hydrogens is 238 g/mol. The molecule has 0 spiro atoms. The van der Waals surface area contributed by atoms with Crippen molar-refractivity contribution in [3.63, 3.8) is 0 Å². The topological polar surface area (TPSA) is 68.0 Å². The maximum atomic E-state index is 12.0. The van der Waals surface area contributed by atoms with Gasteiger partial charge in [0.2, 0.25) is 0 Å². The van der Waals surface area contributed by atoms with E-state index in [1.807, 2.05) is 0 Å². The zero-order valence-electron chi connectivity index (χ0n) is 11.6. The summed E-state index contributed by atoms with van der Waals surface area (Å²) in [7, 11) is 0. The number of aromatic nitrogens is 1. The van der Waals surface area contributed by atoms with Crippen LogP contribution < -0.4 is 11.1 Å². The maximum Gasteiger partial charge on any atom is 0.270 e. The summed E-state index contributed by atoms with van der Waals surface area (Å²) >= 11 is 0. The minimum Gasteiger partial charge on any atom is -0.397 e. The quantitative estimate of drug-likeness (QED) is 0.875. The highest BCUT2D eigenvalue weighted by atomic mass is 16.1. The van der Waals surface area contributed by atoms with Crippen LogP contribution in [0.4, 0.5) is 5.69 Å². The molecule has 19 heavy (non-hydrogen) atoms. The number of rotatable bonds is 4. The lowest BCUT2D eigenvalue weighted by atomic mass is 9.83. The molecule has 1 aliphatic carbocycles. The van der Waals surface area contributed by atoms with Crippen molar-refractivity contribution in [1.29, 1.82) is 0 Å². The highest BCUT2D eigenvalue weighted by Gasteiger charge is 2.22. The third-order valence-electron chi connectivity index (χ3n) is 3.90. The van der Waals surface area contributed by atoms with Crippen LogP contribution in [-0.4, -0.2) is 16.9 Å². The summed E-state index contributed by atoms with van der Waals surface area (Å²) in [6, 6.07) is 3.69. The van der Waals surface area contributed by atoms with E-state index in [0.29, 0.717) is 17.4 Å². The van der Waals surface area contributed by atoms with Crippen LogP contribution in [0.5, 0.6) is 0 Å². The van der Waals surface area contributed by atoms with Gasteiger partial charge in [0, 0.05) is 6.04 Å². The number of carbonyl (C=O) groups excluding carboxylic acids is 1. The fourth-order valence-corrected chi connectivity index (χ4v) is 2.80. The standard InChI is InChI=1S/C15H23N3O/c1-2-3-11-4-7-13(8-5-11)18-15(19)14-9-6-12(16)10-17-14/h6,9-11,13H,2-5,7-8,16H2,1H3,(H,18,19). The van der Waals surface area contributed by atoms with Gasteiger partial charge in [0.15, 0.2) is 0 Å². The summed E-state index contributed by atoms with van der Waals surface area (Å²) in [4.78, 5) is 16.1. The van der Waals surface area contributed by atoms with Crippen molar-refractivity contribution in [3.8, 4) is 0 Å². The van der Waals surface area contributed by atoms with Crippen LogP contribution in [0.1, 0.15) is 55.9 Å². The van der Waals surface area contributed by atoms with Gasteiger partial charge in [-0.3, -0.25) is 4.79 Å². The summed E-state index contributed by atoms with van der Waals surface area (Å²) in [5.74, 6) is 0.770. The van der Waals surface area contributed by atoms with E-state index < -0.39 is 0 Å². The minimum absolute atomic E-state index is 0.0843.